The Morgan fingerprint density at radius 3 is 2.09 bits per heavy atom. The summed E-state index contributed by atoms with van der Waals surface area (Å²) in [6.07, 6.45) is 2.36. The van der Waals surface area contributed by atoms with Gasteiger partial charge in [0.2, 0.25) is 0 Å². The fourth-order valence-corrected chi connectivity index (χ4v) is 4.06. The van der Waals surface area contributed by atoms with Gasteiger partial charge in [0.15, 0.2) is 23.0 Å². The van der Waals surface area contributed by atoms with E-state index in [9.17, 15) is 5.26 Å². The number of nitrogens with one attached hydrogen (secondary N) is 1. The molecule has 1 atom stereocenters. The number of ether oxygens (including phenoxy) is 5. The summed E-state index contributed by atoms with van der Waals surface area (Å²) in [4.78, 5) is 0. The third kappa shape index (κ3) is 6.78. The van der Waals surface area contributed by atoms with Crippen LogP contribution in [-0.4, -0.2) is 48.3 Å². The molecule has 0 fully saturated rings. The molecular formula is C27H38N2O5. The second kappa shape index (κ2) is 13.7. The lowest BCUT2D eigenvalue weighted by molar-refractivity contribution is 0.118. The Morgan fingerprint density at radius 1 is 0.882 bits per heavy atom. The largest absolute Gasteiger partial charge is 0.493 e. The smallest absolute Gasteiger partial charge is 0.161 e. The van der Waals surface area contributed by atoms with Crippen molar-refractivity contribution in [1.29, 1.82) is 5.26 Å². The Balaban J connectivity index is 1.82. The molecule has 0 aliphatic carbocycles. The van der Waals surface area contributed by atoms with Crippen LogP contribution < -0.4 is 24.3 Å². The molecule has 7 nitrogen and oxygen atoms in total. The van der Waals surface area contributed by atoms with Gasteiger partial charge in [0.25, 0.3) is 0 Å². The Morgan fingerprint density at radius 2 is 1.50 bits per heavy atom. The van der Waals surface area contributed by atoms with E-state index >= 15 is 0 Å². The third-order valence-electron chi connectivity index (χ3n) is 6.20. The van der Waals surface area contributed by atoms with Crippen LogP contribution in [0.15, 0.2) is 36.4 Å². The molecule has 1 N–H and O–H groups in total. The number of hydrogen-bond acceptors (Lipinski definition) is 7. The maximum atomic E-state index is 10.2. The highest BCUT2D eigenvalue weighted by atomic mass is 16.5. The van der Waals surface area contributed by atoms with Gasteiger partial charge in [-0.2, -0.15) is 5.26 Å². The van der Waals surface area contributed by atoms with Gasteiger partial charge in [-0.1, -0.05) is 26.0 Å². The molecule has 2 aromatic rings. The Kier molecular flexibility index (Phi) is 11.0. The Labute approximate surface area is 203 Å². The first-order valence-corrected chi connectivity index (χ1v) is 11.6. The summed E-state index contributed by atoms with van der Waals surface area (Å²) >= 11 is 0. The number of nitrogens with zero attached hydrogens (tertiary/aromatic N) is 1. The topological polar surface area (TPSA) is 82.0 Å². The molecule has 2 rings (SSSR count). The van der Waals surface area contributed by atoms with Crippen molar-refractivity contribution in [2.24, 2.45) is 5.92 Å². The van der Waals surface area contributed by atoms with E-state index in [-0.39, 0.29) is 5.92 Å². The number of rotatable bonds is 15. The number of benzene rings is 2. The minimum absolute atomic E-state index is 0.147. The van der Waals surface area contributed by atoms with Crippen molar-refractivity contribution >= 4 is 0 Å². The molecule has 0 spiro atoms. The Bertz CT molecular complexity index is 941. The normalized spacial score (nSPS) is 12.6. The molecule has 7 heteroatoms. The summed E-state index contributed by atoms with van der Waals surface area (Å²) in [6, 6.07) is 14.2. The average molecular weight is 471 g/mol. The molecule has 1 unspecified atom stereocenters. The molecule has 0 amide bonds. The fraction of sp³-hybridized carbons (Fsp3) is 0.519. The maximum Gasteiger partial charge on any atom is 0.161 e. The third-order valence-corrected chi connectivity index (χ3v) is 6.20. The highest BCUT2D eigenvalue weighted by molar-refractivity contribution is 5.47. The van der Waals surface area contributed by atoms with E-state index in [4.69, 9.17) is 23.7 Å². The van der Waals surface area contributed by atoms with Crippen LogP contribution in [0.3, 0.4) is 0 Å². The average Bonchev–Trinajstić information content (AvgIpc) is 2.87. The monoisotopic (exact) mass is 470 g/mol. The first kappa shape index (κ1) is 27.3. The molecule has 0 saturated heterocycles. The molecule has 34 heavy (non-hydrogen) atoms. The van der Waals surface area contributed by atoms with Gasteiger partial charge in [0.05, 0.1) is 53.3 Å². The Hall–Kier alpha value is -2.95. The van der Waals surface area contributed by atoms with Crippen LogP contribution in [0.1, 0.15) is 37.8 Å². The van der Waals surface area contributed by atoms with Gasteiger partial charge < -0.3 is 23.7 Å². The molecule has 0 saturated carbocycles. The van der Waals surface area contributed by atoms with Crippen LogP contribution in [0.25, 0.3) is 0 Å². The maximum absolute atomic E-state index is 10.2. The summed E-state index contributed by atoms with van der Waals surface area (Å²) < 4.78 is 27.2. The first-order chi connectivity index (χ1) is 16.4. The van der Waals surface area contributed by atoms with E-state index < -0.39 is 5.41 Å². The van der Waals surface area contributed by atoms with Crippen molar-refractivity contribution in [3.63, 3.8) is 0 Å². The van der Waals surface area contributed by atoms with Gasteiger partial charge in [-0.15, -0.1) is 0 Å². The predicted molar refractivity (Wildman–Crippen MR) is 133 cm³/mol. The van der Waals surface area contributed by atoms with Gasteiger partial charge in [0, 0.05) is 0 Å². The van der Waals surface area contributed by atoms with Gasteiger partial charge in [-0.3, -0.25) is 5.32 Å². The molecule has 0 aliphatic heterocycles. The van der Waals surface area contributed by atoms with Gasteiger partial charge in [0.1, 0.15) is 0 Å². The second-order valence-electron chi connectivity index (χ2n) is 8.40. The van der Waals surface area contributed by atoms with Crippen LogP contribution in [0.2, 0.25) is 0 Å². The predicted octanol–water partition coefficient (Wildman–Crippen LogP) is 4.72. The molecule has 0 aliphatic rings. The van der Waals surface area contributed by atoms with E-state index in [1.807, 2.05) is 36.4 Å². The van der Waals surface area contributed by atoms with E-state index in [2.05, 4.69) is 25.2 Å². The zero-order valence-electron chi connectivity index (χ0n) is 21.3. The first-order valence-electron chi connectivity index (χ1n) is 11.6. The summed E-state index contributed by atoms with van der Waals surface area (Å²) in [5.74, 6) is 2.89. The zero-order chi connectivity index (χ0) is 25.0. The highest BCUT2D eigenvalue weighted by Crippen LogP contribution is 2.40. The number of methoxy groups -OCH3 is 4. The summed E-state index contributed by atoms with van der Waals surface area (Å²) in [5.41, 5.74) is 1.48. The van der Waals surface area contributed by atoms with Crippen LogP contribution in [-0.2, 0) is 16.6 Å². The van der Waals surface area contributed by atoms with Crippen molar-refractivity contribution < 1.29 is 23.7 Å². The van der Waals surface area contributed by atoms with Crippen LogP contribution in [0, 0.1) is 17.2 Å². The lowest BCUT2D eigenvalue weighted by Crippen LogP contribution is -2.32. The van der Waals surface area contributed by atoms with Gasteiger partial charge >= 0.3 is 0 Å². The van der Waals surface area contributed by atoms with Crippen LogP contribution >= 0.6 is 0 Å². The fourth-order valence-electron chi connectivity index (χ4n) is 4.06. The van der Waals surface area contributed by atoms with Gasteiger partial charge in [-0.05, 0) is 67.1 Å². The van der Waals surface area contributed by atoms with Crippen LogP contribution in [0.5, 0.6) is 23.0 Å². The highest BCUT2D eigenvalue weighted by Gasteiger charge is 2.36. The molecule has 0 heterocycles. The van der Waals surface area contributed by atoms with Crippen molar-refractivity contribution in [1.82, 2.24) is 5.32 Å². The van der Waals surface area contributed by atoms with E-state index in [0.29, 0.717) is 24.8 Å². The lowest BCUT2D eigenvalue weighted by Gasteiger charge is -2.32. The number of nitriles is 1. The zero-order valence-corrected chi connectivity index (χ0v) is 21.3. The van der Waals surface area contributed by atoms with Crippen LogP contribution in [0.4, 0.5) is 0 Å². The molecule has 186 valence electrons. The van der Waals surface area contributed by atoms with Crippen molar-refractivity contribution in [2.45, 2.75) is 38.5 Å². The number of hydrogen-bond donors (Lipinski definition) is 1. The minimum Gasteiger partial charge on any atom is -0.493 e. The SMILES string of the molecule is COc1ccc(CCOCNCCCC(C#N)(c2ccc(OC)c(OC)c2)C(C)C)cc1OC. The van der Waals surface area contributed by atoms with Gasteiger partial charge in [-0.25, -0.2) is 0 Å². The molecule has 2 aromatic carbocycles. The minimum atomic E-state index is -0.602. The summed E-state index contributed by atoms with van der Waals surface area (Å²) in [7, 11) is 6.48. The van der Waals surface area contributed by atoms with E-state index in [0.717, 1.165) is 48.4 Å². The van der Waals surface area contributed by atoms with E-state index in [1.165, 1.54) is 0 Å². The molecular weight excluding hydrogens is 432 g/mol. The summed E-state index contributed by atoms with van der Waals surface area (Å²) in [5, 5.41) is 13.5. The van der Waals surface area contributed by atoms with Crippen molar-refractivity contribution in [3.8, 4) is 29.1 Å². The lowest BCUT2D eigenvalue weighted by atomic mass is 9.70. The molecule has 0 radical (unpaired) electrons. The second-order valence-corrected chi connectivity index (χ2v) is 8.40. The summed E-state index contributed by atoms with van der Waals surface area (Å²) in [6.45, 7) is 6.00. The molecule has 0 aromatic heterocycles. The molecule has 0 bridgehead atoms. The quantitative estimate of drug-likeness (QED) is 0.298. The standard InChI is InChI=1S/C27H38N2O5/c1-20(2)27(18-28,22-9-11-24(31-4)26(17-22)33-6)13-7-14-29-19-34-15-12-21-8-10-23(30-3)25(16-21)32-5/h8-11,16-17,20,29H,7,12-15,19H2,1-6H3. The van der Waals surface area contributed by atoms with Crippen molar-refractivity contribution in [2.75, 3.05) is 48.3 Å². The van der Waals surface area contributed by atoms with E-state index in [1.54, 1.807) is 28.4 Å². The van der Waals surface area contributed by atoms with Crippen molar-refractivity contribution in [3.05, 3.63) is 47.5 Å².